The molecule has 0 aliphatic heterocycles. The molecule has 1 heterocycles. The maximum atomic E-state index is 13.4. The Kier molecular flexibility index (Phi) is 5.17. The zero-order valence-corrected chi connectivity index (χ0v) is 14.5. The Bertz CT molecular complexity index is 796. The van der Waals surface area contributed by atoms with Gasteiger partial charge in [0.25, 0.3) is 0 Å². The third kappa shape index (κ3) is 3.53. The van der Waals surface area contributed by atoms with Crippen LogP contribution in [0.2, 0.25) is 0 Å². The Morgan fingerprint density at radius 3 is 2.50 bits per heavy atom. The summed E-state index contributed by atoms with van der Waals surface area (Å²) < 4.78 is 28.2. The SMILES string of the molecule is Cc1nn(C)c(C)c1/C=C/C(=O)N(C)C(C)c1ccc(F)c(F)c1. The van der Waals surface area contributed by atoms with Crippen molar-refractivity contribution in [1.29, 1.82) is 0 Å². The first-order valence-electron chi connectivity index (χ1n) is 7.62. The molecule has 2 rings (SSSR count). The molecule has 6 heteroatoms. The minimum Gasteiger partial charge on any atom is -0.335 e. The van der Waals surface area contributed by atoms with Crippen LogP contribution >= 0.6 is 0 Å². The number of rotatable bonds is 4. The number of halogens is 2. The van der Waals surface area contributed by atoms with Gasteiger partial charge in [-0.05, 0) is 44.5 Å². The van der Waals surface area contributed by atoms with Crippen molar-refractivity contribution in [2.75, 3.05) is 7.05 Å². The van der Waals surface area contributed by atoms with Crippen molar-refractivity contribution in [1.82, 2.24) is 14.7 Å². The second kappa shape index (κ2) is 6.95. The number of carbonyl (C=O) groups excluding carboxylic acids is 1. The molecule has 0 saturated heterocycles. The van der Waals surface area contributed by atoms with Crippen LogP contribution in [0, 0.1) is 25.5 Å². The number of benzene rings is 1. The first-order valence-corrected chi connectivity index (χ1v) is 7.62. The molecule has 1 amide bonds. The molecule has 0 aliphatic rings. The quantitative estimate of drug-likeness (QED) is 0.803. The van der Waals surface area contributed by atoms with Gasteiger partial charge in [0.05, 0.1) is 11.7 Å². The highest BCUT2D eigenvalue weighted by molar-refractivity contribution is 5.92. The minimum absolute atomic E-state index is 0.227. The lowest BCUT2D eigenvalue weighted by atomic mass is 10.1. The summed E-state index contributed by atoms with van der Waals surface area (Å²) in [5.41, 5.74) is 3.25. The van der Waals surface area contributed by atoms with Crippen LogP contribution < -0.4 is 0 Å². The maximum absolute atomic E-state index is 13.4. The van der Waals surface area contributed by atoms with Gasteiger partial charge in [-0.25, -0.2) is 8.78 Å². The van der Waals surface area contributed by atoms with E-state index >= 15 is 0 Å². The molecule has 0 saturated carbocycles. The normalized spacial score (nSPS) is 12.6. The fourth-order valence-electron chi connectivity index (χ4n) is 2.49. The molecule has 1 unspecified atom stereocenters. The lowest BCUT2D eigenvalue weighted by Gasteiger charge is -2.24. The molecule has 0 radical (unpaired) electrons. The molecule has 0 aliphatic carbocycles. The van der Waals surface area contributed by atoms with Crippen molar-refractivity contribution < 1.29 is 13.6 Å². The fraction of sp³-hybridized carbons (Fsp3) is 0.333. The van der Waals surface area contributed by atoms with E-state index in [4.69, 9.17) is 0 Å². The summed E-state index contributed by atoms with van der Waals surface area (Å²) in [5.74, 6) is -2.05. The Morgan fingerprint density at radius 2 is 1.96 bits per heavy atom. The zero-order chi connectivity index (χ0) is 18.0. The van der Waals surface area contributed by atoms with Gasteiger partial charge in [-0.2, -0.15) is 5.10 Å². The number of aromatic nitrogens is 2. The molecule has 1 aromatic heterocycles. The zero-order valence-electron chi connectivity index (χ0n) is 14.5. The van der Waals surface area contributed by atoms with Gasteiger partial charge in [-0.15, -0.1) is 0 Å². The summed E-state index contributed by atoms with van der Waals surface area (Å²) in [5, 5.41) is 4.30. The first kappa shape index (κ1) is 17.8. The molecule has 128 valence electrons. The average molecular weight is 333 g/mol. The van der Waals surface area contributed by atoms with E-state index in [1.807, 2.05) is 20.9 Å². The Labute approximate surface area is 140 Å². The molecule has 1 aromatic carbocycles. The summed E-state index contributed by atoms with van der Waals surface area (Å²) >= 11 is 0. The average Bonchev–Trinajstić information content (AvgIpc) is 2.79. The number of carbonyl (C=O) groups is 1. The van der Waals surface area contributed by atoms with E-state index in [1.165, 1.54) is 17.0 Å². The number of hydrogen-bond donors (Lipinski definition) is 0. The second-order valence-corrected chi connectivity index (χ2v) is 5.84. The van der Waals surface area contributed by atoms with Gasteiger partial charge in [-0.3, -0.25) is 9.48 Å². The summed E-state index contributed by atoms with van der Waals surface area (Å²) in [7, 11) is 3.47. The van der Waals surface area contributed by atoms with Crippen LogP contribution in [-0.4, -0.2) is 27.6 Å². The molecule has 0 spiro atoms. The van der Waals surface area contributed by atoms with Gasteiger partial charge in [-0.1, -0.05) is 6.07 Å². The van der Waals surface area contributed by atoms with Gasteiger partial charge in [0.2, 0.25) is 5.91 Å². The van der Waals surface area contributed by atoms with E-state index in [1.54, 1.807) is 24.7 Å². The molecule has 4 nitrogen and oxygen atoms in total. The molecule has 2 aromatic rings. The van der Waals surface area contributed by atoms with Gasteiger partial charge < -0.3 is 4.90 Å². The molecule has 24 heavy (non-hydrogen) atoms. The Hall–Kier alpha value is -2.50. The number of hydrogen-bond acceptors (Lipinski definition) is 2. The number of likely N-dealkylation sites (N-methyl/N-ethyl adjacent to an activating group) is 1. The summed E-state index contributed by atoms with van der Waals surface area (Å²) in [6.07, 6.45) is 3.20. The number of aryl methyl sites for hydroxylation is 2. The van der Waals surface area contributed by atoms with Crippen molar-refractivity contribution in [3.63, 3.8) is 0 Å². The predicted molar refractivity (Wildman–Crippen MR) is 89.3 cm³/mol. The first-order chi connectivity index (χ1) is 11.2. The molecule has 1 atom stereocenters. The summed E-state index contributed by atoms with van der Waals surface area (Å²) in [6.45, 7) is 5.57. The number of nitrogens with zero attached hydrogens (tertiary/aromatic N) is 3. The van der Waals surface area contributed by atoms with Crippen LogP contribution in [0.25, 0.3) is 6.08 Å². The molecular weight excluding hydrogens is 312 g/mol. The van der Waals surface area contributed by atoms with Gasteiger partial charge in [0.15, 0.2) is 11.6 Å². The van der Waals surface area contributed by atoms with E-state index in [-0.39, 0.29) is 11.9 Å². The van der Waals surface area contributed by atoms with Crippen LogP contribution in [0.4, 0.5) is 8.78 Å². The van der Waals surface area contributed by atoms with Crippen molar-refractivity contribution in [2.24, 2.45) is 7.05 Å². The standard InChI is InChI=1S/C18H21F2N3O/c1-11-15(13(3)23(5)21-11)7-9-18(24)22(4)12(2)14-6-8-16(19)17(20)10-14/h6-10,12H,1-5H3/b9-7+. The lowest BCUT2D eigenvalue weighted by Crippen LogP contribution is -2.28. The topological polar surface area (TPSA) is 38.1 Å². The highest BCUT2D eigenvalue weighted by Crippen LogP contribution is 2.21. The monoisotopic (exact) mass is 333 g/mol. The largest absolute Gasteiger partial charge is 0.335 e. The minimum atomic E-state index is -0.919. The highest BCUT2D eigenvalue weighted by Gasteiger charge is 2.17. The van der Waals surface area contributed by atoms with Crippen LogP contribution in [0.1, 0.15) is 35.5 Å². The maximum Gasteiger partial charge on any atom is 0.246 e. The number of amides is 1. The second-order valence-electron chi connectivity index (χ2n) is 5.84. The van der Waals surface area contributed by atoms with Gasteiger partial charge in [0, 0.05) is 31.4 Å². The molecule has 0 N–H and O–H groups in total. The smallest absolute Gasteiger partial charge is 0.246 e. The van der Waals surface area contributed by atoms with Crippen LogP contribution in [0.15, 0.2) is 24.3 Å². The van der Waals surface area contributed by atoms with E-state index in [9.17, 15) is 13.6 Å². The van der Waals surface area contributed by atoms with E-state index in [0.29, 0.717) is 5.56 Å². The van der Waals surface area contributed by atoms with E-state index < -0.39 is 11.6 Å². The molecule has 0 bridgehead atoms. The predicted octanol–water partition coefficient (Wildman–Crippen LogP) is 3.55. The molecular formula is C18H21F2N3O. The van der Waals surface area contributed by atoms with Crippen molar-refractivity contribution >= 4 is 12.0 Å². The van der Waals surface area contributed by atoms with E-state index in [0.717, 1.165) is 29.1 Å². The van der Waals surface area contributed by atoms with Crippen LogP contribution in [0.5, 0.6) is 0 Å². The Morgan fingerprint density at radius 1 is 1.29 bits per heavy atom. The fourth-order valence-corrected chi connectivity index (χ4v) is 2.49. The van der Waals surface area contributed by atoms with Crippen LogP contribution in [-0.2, 0) is 11.8 Å². The summed E-state index contributed by atoms with van der Waals surface area (Å²) in [6, 6.07) is 3.28. The highest BCUT2D eigenvalue weighted by atomic mass is 19.2. The Balaban J connectivity index is 2.16. The van der Waals surface area contributed by atoms with E-state index in [2.05, 4.69) is 5.10 Å². The third-order valence-corrected chi connectivity index (χ3v) is 4.31. The van der Waals surface area contributed by atoms with Crippen molar-refractivity contribution in [3.8, 4) is 0 Å². The summed E-state index contributed by atoms with van der Waals surface area (Å²) in [4.78, 5) is 13.8. The third-order valence-electron chi connectivity index (χ3n) is 4.31. The van der Waals surface area contributed by atoms with Crippen molar-refractivity contribution in [2.45, 2.75) is 26.8 Å². The van der Waals surface area contributed by atoms with Gasteiger partial charge >= 0.3 is 0 Å². The molecule has 0 fully saturated rings. The van der Waals surface area contributed by atoms with Crippen LogP contribution in [0.3, 0.4) is 0 Å². The lowest BCUT2D eigenvalue weighted by molar-refractivity contribution is -0.126. The van der Waals surface area contributed by atoms with Gasteiger partial charge in [0.1, 0.15) is 0 Å². The van der Waals surface area contributed by atoms with Crippen molar-refractivity contribution in [3.05, 3.63) is 58.4 Å².